The Balaban J connectivity index is 1.91. The summed E-state index contributed by atoms with van der Waals surface area (Å²) < 4.78 is 5.37. The van der Waals surface area contributed by atoms with Crippen LogP contribution in [0.5, 0.6) is 0 Å². The lowest BCUT2D eigenvalue weighted by Crippen LogP contribution is -2.21. The molecule has 0 spiro atoms. The number of thioether (sulfide) groups is 1. The summed E-state index contributed by atoms with van der Waals surface area (Å²) in [5, 5.41) is 0. The molecular formula is C14H21NOS. The fourth-order valence-corrected chi connectivity index (χ4v) is 2.74. The summed E-state index contributed by atoms with van der Waals surface area (Å²) in [7, 11) is 0. The number of hydrogen-bond donors (Lipinski definition) is 1. The first kappa shape index (κ1) is 12.9. The molecule has 2 nitrogen and oxygen atoms in total. The first-order valence-corrected chi connectivity index (χ1v) is 7.49. The molecule has 1 aromatic carbocycles. The lowest BCUT2D eigenvalue weighted by molar-refractivity contribution is 0.0618. The molecule has 0 radical (unpaired) electrons. The van der Waals surface area contributed by atoms with Gasteiger partial charge < -0.3 is 10.5 Å². The lowest BCUT2D eigenvalue weighted by atomic mass is 9.90. The van der Waals surface area contributed by atoms with Crippen LogP contribution in [0.15, 0.2) is 29.2 Å². The SMILES string of the molecule is CSc1ccc(C(N)CC2CCOCC2)cc1. The number of hydrogen-bond acceptors (Lipinski definition) is 3. The molecule has 2 N–H and O–H groups in total. The predicted octanol–water partition coefficient (Wildman–Crippen LogP) is 3.23. The van der Waals surface area contributed by atoms with Gasteiger partial charge in [-0.15, -0.1) is 11.8 Å². The summed E-state index contributed by atoms with van der Waals surface area (Å²) in [4.78, 5) is 1.30. The second-order valence-corrected chi connectivity index (χ2v) is 5.55. The minimum atomic E-state index is 0.175. The van der Waals surface area contributed by atoms with E-state index in [0.717, 1.165) is 38.4 Å². The first-order valence-electron chi connectivity index (χ1n) is 6.27. The molecule has 1 aliphatic rings. The predicted molar refractivity (Wildman–Crippen MR) is 73.3 cm³/mol. The number of nitrogens with two attached hydrogens (primary N) is 1. The third-order valence-corrected chi connectivity index (χ3v) is 4.22. The van der Waals surface area contributed by atoms with Crippen molar-refractivity contribution in [2.45, 2.75) is 30.2 Å². The van der Waals surface area contributed by atoms with Gasteiger partial charge in [0.1, 0.15) is 0 Å². The van der Waals surface area contributed by atoms with Crippen molar-refractivity contribution in [1.82, 2.24) is 0 Å². The van der Waals surface area contributed by atoms with E-state index in [1.165, 1.54) is 10.5 Å². The van der Waals surface area contributed by atoms with Crippen LogP contribution in [0.25, 0.3) is 0 Å². The van der Waals surface area contributed by atoms with Gasteiger partial charge in [-0.3, -0.25) is 0 Å². The molecule has 3 heteroatoms. The largest absolute Gasteiger partial charge is 0.381 e. The lowest BCUT2D eigenvalue weighted by Gasteiger charge is -2.25. The van der Waals surface area contributed by atoms with Gasteiger partial charge in [0.15, 0.2) is 0 Å². The van der Waals surface area contributed by atoms with E-state index in [2.05, 4.69) is 30.5 Å². The van der Waals surface area contributed by atoms with Gasteiger partial charge in [-0.05, 0) is 49.1 Å². The summed E-state index contributed by atoms with van der Waals surface area (Å²) in [6, 6.07) is 8.81. The van der Waals surface area contributed by atoms with Crippen LogP contribution in [0.4, 0.5) is 0 Å². The number of benzene rings is 1. The van der Waals surface area contributed by atoms with Gasteiger partial charge in [0.2, 0.25) is 0 Å². The van der Waals surface area contributed by atoms with Crippen LogP contribution in [0, 0.1) is 5.92 Å². The Morgan fingerprint density at radius 2 is 1.94 bits per heavy atom. The van der Waals surface area contributed by atoms with E-state index < -0.39 is 0 Å². The molecule has 1 unspecified atom stereocenters. The van der Waals surface area contributed by atoms with Crippen molar-refractivity contribution < 1.29 is 4.74 Å². The average molecular weight is 251 g/mol. The van der Waals surface area contributed by atoms with E-state index in [1.807, 2.05) is 0 Å². The van der Waals surface area contributed by atoms with Gasteiger partial charge in [0.05, 0.1) is 0 Å². The van der Waals surface area contributed by atoms with Gasteiger partial charge in [-0.25, -0.2) is 0 Å². The number of rotatable bonds is 4. The van der Waals surface area contributed by atoms with Crippen LogP contribution in [0.3, 0.4) is 0 Å². The molecule has 0 aliphatic carbocycles. The molecule has 1 atom stereocenters. The maximum atomic E-state index is 6.27. The topological polar surface area (TPSA) is 35.2 Å². The van der Waals surface area contributed by atoms with E-state index >= 15 is 0 Å². The summed E-state index contributed by atoms with van der Waals surface area (Å²) in [5.74, 6) is 0.735. The van der Waals surface area contributed by atoms with Crippen molar-refractivity contribution in [3.05, 3.63) is 29.8 Å². The molecule has 0 amide bonds. The Bertz CT molecular complexity index is 333. The van der Waals surface area contributed by atoms with Crippen molar-refractivity contribution in [3.63, 3.8) is 0 Å². The summed E-state index contributed by atoms with van der Waals surface area (Å²) in [6.45, 7) is 1.81. The zero-order valence-electron chi connectivity index (χ0n) is 10.4. The highest BCUT2D eigenvalue weighted by Gasteiger charge is 2.17. The Morgan fingerprint density at radius 1 is 1.29 bits per heavy atom. The highest BCUT2D eigenvalue weighted by Crippen LogP contribution is 2.27. The van der Waals surface area contributed by atoms with Crippen LogP contribution >= 0.6 is 11.8 Å². The Kier molecular flexibility index (Phi) is 4.89. The molecule has 0 bridgehead atoms. The zero-order chi connectivity index (χ0) is 12.1. The van der Waals surface area contributed by atoms with Crippen LogP contribution in [-0.2, 0) is 4.74 Å². The summed E-state index contributed by atoms with van der Waals surface area (Å²) in [6.07, 6.45) is 5.51. The van der Waals surface area contributed by atoms with Gasteiger partial charge in [0, 0.05) is 24.2 Å². The minimum absolute atomic E-state index is 0.175. The van der Waals surface area contributed by atoms with E-state index in [9.17, 15) is 0 Å². The highest BCUT2D eigenvalue weighted by atomic mass is 32.2. The molecule has 94 valence electrons. The fraction of sp³-hybridized carbons (Fsp3) is 0.571. The van der Waals surface area contributed by atoms with E-state index in [-0.39, 0.29) is 6.04 Å². The van der Waals surface area contributed by atoms with Crippen LogP contribution < -0.4 is 5.73 Å². The van der Waals surface area contributed by atoms with Crippen molar-refractivity contribution in [2.24, 2.45) is 11.7 Å². The normalized spacial score (nSPS) is 19.2. The second-order valence-electron chi connectivity index (χ2n) is 4.67. The Labute approximate surface area is 108 Å². The first-order chi connectivity index (χ1) is 8.29. The smallest absolute Gasteiger partial charge is 0.0468 e. The molecular weight excluding hydrogens is 230 g/mol. The summed E-state index contributed by atoms with van der Waals surface area (Å²) in [5.41, 5.74) is 7.53. The Morgan fingerprint density at radius 3 is 2.53 bits per heavy atom. The molecule has 2 rings (SSSR count). The van der Waals surface area contributed by atoms with Crippen LogP contribution in [0.1, 0.15) is 30.9 Å². The third-order valence-electron chi connectivity index (χ3n) is 3.47. The summed E-state index contributed by atoms with van der Waals surface area (Å²) >= 11 is 1.77. The molecule has 1 fully saturated rings. The van der Waals surface area contributed by atoms with Gasteiger partial charge in [-0.1, -0.05) is 12.1 Å². The van der Waals surface area contributed by atoms with Gasteiger partial charge >= 0.3 is 0 Å². The van der Waals surface area contributed by atoms with Gasteiger partial charge in [-0.2, -0.15) is 0 Å². The number of ether oxygens (including phenoxy) is 1. The maximum absolute atomic E-state index is 6.27. The van der Waals surface area contributed by atoms with E-state index in [1.54, 1.807) is 11.8 Å². The molecule has 17 heavy (non-hydrogen) atoms. The molecule has 1 heterocycles. The monoisotopic (exact) mass is 251 g/mol. The van der Waals surface area contributed by atoms with E-state index in [0.29, 0.717) is 0 Å². The quantitative estimate of drug-likeness (QED) is 0.834. The van der Waals surface area contributed by atoms with Crippen LogP contribution in [0.2, 0.25) is 0 Å². The van der Waals surface area contributed by atoms with Crippen molar-refractivity contribution in [2.75, 3.05) is 19.5 Å². The molecule has 0 saturated carbocycles. The van der Waals surface area contributed by atoms with Crippen molar-refractivity contribution in [1.29, 1.82) is 0 Å². The van der Waals surface area contributed by atoms with Crippen molar-refractivity contribution in [3.8, 4) is 0 Å². The minimum Gasteiger partial charge on any atom is -0.381 e. The molecule has 1 saturated heterocycles. The molecule has 1 aliphatic heterocycles. The third kappa shape index (κ3) is 3.73. The van der Waals surface area contributed by atoms with Crippen molar-refractivity contribution >= 4 is 11.8 Å². The van der Waals surface area contributed by atoms with E-state index in [4.69, 9.17) is 10.5 Å². The maximum Gasteiger partial charge on any atom is 0.0468 e. The zero-order valence-corrected chi connectivity index (χ0v) is 11.2. The highest BCUT2D eigenvalue weighted by molar-refractivity contribution is 7.98. The van der Waals surface area contributed by atoms with Crippen LogP contribution in [-0.4, -0.2) is 19.5 Å². The molecule has 1 aromatic rings. The average Bonchev–Trinajstić information content (AvgIpc) is 2.40. The van der Waals surface area contributed by atoms with Gasteiger partial charge in [0.25, 0.3) is 0 Å². The standard InChI is InChI=1S/C14H21NOS/c1-17-13-4-2-12(3-5-13)14(15)10-11-6-8-16-9-7-11/h2-5,11,14H,6-10,15H2,1H3. The Hall–Kier alpha value is -0.510. The fourth-order valence-electron chi connectivity index (χ4n) is 2.33. The molecule has 0 aromatic heterocycles. The second kappa shape index (κ2) is 6.43.